The number of hydroxylamine groups is 2. The Kier molecular flexibility index (Phi) is 4.78. The number of anilines is 1. The molecule has 3 rings (SSSR count). The number of nitrogens with zero attached hydrogens (tertiary/aromatic N) is 3. The van der Waals surface area contributed by atoms with Crippen molar-refractivity contribution in [2.24, 2.45) is 0 Å². The second-order valence-corrected chi connectivity index (χ2v) is 7.85. The van der Waals surface area contributed by atoms with Gasteiger partial charge in [-0.05, 0) is 19.1 Å². The molecule has 2 fully saturated rings. The van der Waals surface area contributed by atoms with E-state index in [4.69, 9.17) is 0 Å². The van der Waals surface area contributed by atoms with Gasteiger partial charge in [0.25, 0.3) is 22.0 Å². The third-order valence-electron chi connectivity index (χ3n) is 4.39. The van der Waals surface area contributed by atoms with E-state index in [1.807, 2.05) is 31.2 Å². The van der Waals surface area contributed by atoms with Crippen LogP contribution in [0.2, 0.25) is 0 Å². The van der Waals surface area contributed by atoms with Crippen molar-refractivity contribution < 1.29 is 23.2 Å². The number of benzene rings is 1. The van der Waals surface area contributed by atoms with E-state index in [9.17, 15) is 23.2 Å². The smallest absolute Gasteiger partial charge is 0.280 e. The fraction of sp³-hybridized carbons (Fsp3) is 0.467. The Hall–Kier alpha value is -2.01. The monoisotopic (exact) mass is 368 g/mol. The maximum Gasteiger partial charge on any atom is 0.280 e. The van der Waals surface area contributed by atoms with E-state index in [1.165, 1.54) is 4.31 Å². The van der Waals surface area contributed by atoms with Crippen LogP contribution in [0.1, 0.15) is 12.0 Å². The maximum absolute atomic E-state index is 12.4. The molecule has 2 heterocycles. The van der Waals surface area contributed by atoms with Gasteiger partial charge >= 0.3 is 0 Å². The van der Waals surface area contributed by atoms with E-state index in [2.05, 4.69) is 9.62 Å². The highest BCUT2D eigenvalue weighted by Gasteiger charge is 2.41. The summed E-state index contributed by atoms with van der Waals surface area (Å²) in [6.45, 7) is 3.58. The van der Waals surface area contributed by atoms with Gasteiger partial charge in [0.15, 0.2) is 0 Å². The molecule has 136 valence electrons. The Morgan fingerprint density at radius 2 is 1.68 bits per heavy atom. The molecule has 2 saturated heterocycles. The summed E-state index contributed by atoms with van der Waals surface area (Å²) < 4.78 is 28.3. The first-order chi connectivity index (χ1) is 11.8. The van der Waals surface area contributed by atoms with Crippen molar-refractivity contribution in [3.05, 3.63) is 29.8 Å². The van der Waals surface area contributed by atoms with Crippen molar-refractivity contribution in [1.29, 1.82) is 0 Å². The van der Waals surface area contributed by atoms with Crippen LogP contribution in [0.5, 0.6) is 0 Å². The third kappa shape index (κ3) is 3.66. The minimum atomic E-state index is -3.91. The highest BCUT2D eigenvalue weighted by Crippen LogP contribution is 2.19. The van der Waals surface area contributed by atoms with Gasteiger partial charge in [-0.2, -0.15) is 22.5 Å². The number of carbonyl (C=O) groups excluding carboxylic acids is 2. The molecular weight excluding hydrogens is 348 g/mol. The van der Waals surface area contributed by atoms with Crippen LogP contribution in [0, 0.1) is 6.92 Å². The van der Waals surface area contributed by atoms with E-state index in [0.29, 0.717) is 13.1 Å². The predicted octanol–water partition coefficient (Wildman–Crippen LogP) is -0.532. The van der Waals surface area contributed by atoms with Gasteiger partial charge in [0.2, 0.25) is 0 Å². The van der Waals surface area contributed by atoms with Crippen LogP contribution in [0.4, 0.5) is 5.69 Å². The molecule has 0 aliphatic carbocycles. The Labute approximate surface area is 146 Å². The Morgan fingerprint density at radius 3 is 2.20 bits per heavy atom. The van der Waals surface area contributed by atoms with Gasteiger partial charge in [-0.25, -0.2) is 0 Å². The lowest BCUT2D eigenvalue weighted by molar-refractivity contribution is -0.171. The molecule has 1 aromatic carbocycles. The van der Waals surface area contributed by atoms with Crippen LogP contribution in [0.25, 0.3) is 0 Å². The Balaban J connectivity index is 1.61. The molecule has 2 amide bonds. The quantitative estimate of drug-likeness (QED) is 0.546. The largest absolute Gasteiger partial charge is 0.369 e. The van der Waals surface area contributed by atoms with Crippen LogP contribution >= 0.6 is 0 Å². The Morgan fingerprint density at radius 1 is 1.08 bits per heavy atom. The van der Waals surface area contributed by atoms with Gasteiger partial charge in [0.05, 0.1) is 6.42 Å². The normalized spacial score (nSPS) is 22.7. The van der Waals surface area contributed by atoms with E-state index in [-0.39, 0.29) is 24.6 Å². The average molecular weight is 368 g/mol. The molecule has 0 spiro atoms. The van der Waals surface area contributed by atoms with Crippen molar-refractivity contribution in [3.8, 4) is 0 Å². The minimum absolute atomic E-state index is 0.0392. The van der Waals surface area contributed by atoms with Crippen molar-refractivity contribution in [2.45, 2.75) is 19.4 Å². The number of amides is 2. The van der Waals surface area contributed by atoms with Crippen molar-refractivity contribution in [3.63, 3.8) is 0 Å². The molecule has 25 heavy (non-hydrogen) atoms. The summed E-state index contributed by atoms with van der Waals surface area (Å²) >= 11 is 0. The molecule has 2 aliphatic heterocycles. The van der Waals surface area contributed by atoms with Gasteiger partial charge in [-0.3, -0.25) is 14.8 Å². The first-order valence-corrected chi connectivity index (χ1v) is 9.36. The summed E-state index contributed by atoms with van der Waals surface area (Å²) in [6.07, 6.45) is -0.377. The lowest BCUT2D eigenvalue weighted by Gasteiger charge is -2.35. The molecule has 0 radical (unpaired) electrons. The molecule has 1 atom stereocenters. The summed E-state index contributed by atoms with van der Waals surface area (Å²) in [5, 5.41) is 9.16. The van der Waals surface area contributed by atoms with Crippen molar-refractivity contribution >= 4 is 27.7 Å². The van der Waals surface area contributed by atoms with E-state index in [0.717, 1.165) is 11.3 Å². The van der Waals surface area contributed by atoms with E-state index < -0.39 is 28.1 Å². The van der Waals surface area contributed by atoms with Crippen LogP contribution in [-0.2, 0) is 19.8 Å². The first-order valence-electron chi connectivity index (χ1n) is 7.92. The SMILES string of the molecule is Cc1ccc(N2CCN(S(=O)(=O)N[C@@H]3CC(=O)N(O)C3=O)CC2)cc1. The van der Waals surface area contributed by atoms with Crippen LogP contribution in [0.3, 0.4) is 0 Å². The standard InChI is InChI=1S/C15H20N4O5S/c1-11-2-4-12(5-3-11)17-6-8-18(9-7-17)25(23,24)16-13-10-14(20)19(22)15(13)21/h2-5,13,16,22H,6-10H2,1H3/t13-/m1/s1. The summed E-state index contributed by atoms with van der Waals surface area (Å²) in [6, 6.07) is 6.75. The fourth-order valence-electron chi connectivity index (χ4n) is 2.91. The number of aryl methyl sites for hydroxylation is 1. The number of hydrogen-bond donors (Lipinski definition) is 2. The van der Waals surface area contributed by atoms with Gasteiger partial charge < -0.3 is 4.90 Å². The first kappa shape index (κ1) is 17.8. The summed E-state index contributed by atoms with van der Waals surface area (Å²) in [4.78, 5) is 25.0. The van der Waals surface area contributed by atoms with Gasteiger partial charge in [0.1, 0.15) is 6.04 Å². The van der Waals surface area contributed by atoms with Crippen LogP contribution in [0.15, 0.2) is 24.3 Å². The number of imide groups is 1. The molecule has 0 aromatic heterocycles. The molecule has 0 bridgehead atoms. The highest BCUT2D eigenvalue weighted by molar-refractivity contribution is 7.87. The van der Waals surface area contributed by atoms with E-state index in [1.54, 1.807) is 0 Å². The maximum atomic E-state index is 12.4. The molecule has 10 heteroatoms. The third-order valence-corrected chi connectivity index (χ3v) is 6.02. The fourth-order valence-corrected chi connectivity index (χ4v) is 4.24. The number of hydrogen-bond acceptors (Lipinski definition) is 6. The van der Waals surface area contributed by atoms with Crippen molar-refractivity contribution in [1.82, 2.24) is 14.1 Å². The second kappa shape index (κ2) is 6.71. The second-order valence-electron chi connectivity index (χ2n) is 6.15. The molecule has 0 unspecified atom stereocenters. The highest BCUT2D eigenvalue weighted by atomic mass is 32.2. The minimum Gasteiger partial charge on any atom is -0.369 e. The van der Waals surface area contributed by atoms with Crippen molar-refractivity contribution in [2.75, 3.05) is 31.1 Å². The topological polar surface area (TPSA) is 110 Å². The number of piperazine rings is 1. The van der Waals surface area contributed by atoms with Gasteiger partial charge in [-0.1, -0.05) is 17.7 Å². The van der Waals surface area contributed by atoms with Crippen LogP contribution < -0.4 is 9.62 Å². The zero-order valence-corrected chi connectivity index (χ0v) is 14.6. The summed E-state index contributed by atoms with van der Waals surface area (Å²) in [5.41, 5.74) is 2.19. The van der Waals surface area contributed by atoms with E-state index >= 15 is 0 Å². The Bertz CT molecular complexity index is 772. The molecular formula is C15H20N4O5S. The zero-order chi connectivity index (χ0) is 18.2. The lowest BCUT2D eigenvalue weighted by atomic mass is 10.2. The molecule has 0 saturated carbocycles. The average Bonchev–Trinajstić information content (AvgIpc) is 2.82. The van der Waals surface area contributed by atoms with Crippen LogP contribution in [-0.4, -0.2) is 67.0 Å². The molecule has 1 aromatic rings. The van der Waals surface area contributed by atoms with Gasteiger partial charge in [0, 0.05) is 31.9 Å². The molecule has 9 nitrogen and oxygen atoms in total. The number of nitrogens with one attached hydrogen (secondary N) is 1. The zero-order valence-electron chi connectivity index (χ0n) is 13.8. The molecule has 2 N–H and O–H groups in total. The van der Waals surface area contributed by atoms with Gasteiger partial charge in [-0.15, -0.1) is 0 Å². The summed E-state index contributed by atoms with van der Waals surface area (Å²) in [5.74, 6) is -1.77. The number of rotatable bonds is 4. The summed E-state index contributed by atoms with van der Waals surface area (Å²) in [7, 11) is -3.91. The predicted molar refractivity (Wildman–Crippen MR) is 89.1 cm³/mol. The number of carbonyl (C=O) groups is 2. The molecule has 2 aliphatic rings. The lowest BCUT2D eigenvalue weighted by Crippen LogP contribution is -2.54.